The molecule has 0 aliphatic carbocycles. The lowest BCUT2D eigenvalue weighted by molar-refractivity contribution is 0.409. The molecule has 1 unspecified atom stereocenters. The van der Waals surface area contributed by atoms with E-state index in [0.717, 1.165) is 5.82 Å². The third-order valence-electron chi connectivity index (χ3n) is 2.24. The van der Waals surface area contributed by atoms with E-state index >= 15 is 0 Å². The van der Waals surface area contributed by atoms with E-state index in [9.17, 15) is 4.21 Å². The first-order valence-electron chi connectivity index (χ1n) is 5.77. The van der Waals surface area contributed by atoms with Gasteiger partial charge in [-0.05, 0) is 31.2 Å². The summed E-state index contributed by atoms with van der Waals surface area (Å²) < 4.78 is 13.1. The fourth-order valence-electron chi connectivity index (χ4n) is 1.20. The van der Waals surface area contributed by atoms with E-state index in [1.165, 1.54) is 0 Å². The molecule has 0 aromatic carbocycles. The van der Waals surface area contributed by atoms with Gasteiger partial charge in [-0.25, -0.2) is 4.68 Å². The molecule has 1 aromatic heterocycles. The maximum absolute atomic E-state index is 11.3. The predicted molar refractivity (Wildman–Crippen MR) is 68.0 cm³/mol. The highest BCUT2D eigenvalue weighted by Crippen LogP contribution is 2.01. The Kier molecular flexibility index (Phi) is 5.20. The smallest absolute Gasteiger partial charge is 0.165 e. The van der Waals surface area contributed by atoms with Crippen LogP contribution in [0.3, 0.4) is 0 Å². The fourth-order valence-corrected chi connectivity index (χ4v) is 1.87. The maximum atomic E-state index is 11.3. The van der Waals surface area contributed by atoms with Crippen molar-refractivity contribution >= 4 is 10.8 Å². The summed E-state index contributed by atoms with van der Waals surface area (Å²) in [6.45, 7) is 9.41. The van der Waals surface area contributed by atoms with Crippen LogP contribution in [0.4, 0.5) is 0 Å². The molecule has 0 amide bonds. The zero-order valence-electron chi connectivity index (χ0n) is 10.9. The molecule has 0 aliphatic rings. The number of hydrogen-bond acceptors (Lipinski definition) is 5. The lowest BCUT2D eigenvalue weighted by Crippen LogP contribution is -2.36. The highest BCUT2D eigenvalue weighted by atomic mass is 32.2. The fraction of sp³-hybridized carbons (Fsp3) is 0.900. The number of aromatic nitrogens is 4. The Morgan fingerprint density at radius 3 is 2.71 bits per heavy atom. The van der Waals surface area contributed by atoms with Gasteiger partial charge in [0.15, 0.2) is 5.82 Å². The first-order chi connectivity index (χ1) is 7.92. The summed E-state index contributed by atoms with van der Waals surface area (Å²) in [6.07, 6.45) is 0. The first-order valence-corrected chi connectivity index (χ1v) is 7.26. The van der Waals surface area contributed by atoms with E-state index in [0.29, 0.717) is 24.6 Å². The molecule has 6 nitrogen and oxygen atoms in total. The molecule has 0 fully saturated rings. The molecule has 7 heteroatoms. The van der Waals surface area contributed by atoms with E-state index in [1.54, 1.807) is 4.68 Å². The van der Waals surface area contributed by atoms with Crippen LogP contribution < -0.4 is 5.32 Å². The third kappa shape index (κ3) is 5.36. The largest absolute Gasteiger partial charge is 0.305 e. The third-order valence-corrected chi connectivity index (χ3v) is 3.52. The second-order valence-corrected chi connectivity index (χ2v) is 6.72. The van der Waals surface area contributed by atoms with Crippen molar-refractivity contribution in [1.82, 2.24) is 25.5 Å². The molecule has 0 aliphatic heterocycles. The minimum atomic E-state index is -0.778. The molecule has 1 N–H and O–H groups in total. The number of tetrazole rings is 1. The average molecular weight is 259 g/mol. The number of aryl methyl sites for hydroxylation is 1. The van der Waals surface area contributed by atoms with E-state index < -0.39 is 10.8 Å². The van der Waals surface area contributed by atoms with Gasteiger partial charge in [-0.1, -0.05) is 6.92 Å². The molecular weight excluding hydrogens is 238 g/mol. The molecule has 0 spiro atoms. The molecule has 0 bridgehead atoms. The second-order valence-electron chi connectivity index (χ2n) is 4.85. The Labute approximate surface area is 105 Å². The molecule has 1 heterocycles. The predicted octanol–water partition coefficient (Wildman–Crippen LogP) is 0.330. The van der Waals surface area contributed by atoms with Crippen LogP contribution in [0.2, 0.25) is 0 Å². The van der Waals surface area contributed by atoms with Gasteiger partial charge in [0.25, 0.3) is 0 Å². The van der Waals surface area contributed by atoms with Crippen LogP contribution in [0, 0.1) is 0 Å². The van der Waals surface area contributed by atoms with Gasteiger partial charge >= 0.3 is 0 Å². The Morgan fingerprint density at radius 2 is 2.12 bits per heavy atom. The number of nitrogens with one attached hydrogen (secondary N) is 1. The van der Waals surface area contributed by atoms with Gasteiger partial charge in [0.05, 0.1) is 13.1 Å². The Hall–Kier alpha value is -0.820. The summed E-state index contributed by atoms with van der Waals surface area (Å²) in [5.41, 5.74) is 0.0308. The maximum Gasteiger partial charge on any atom is 0.165 e. The Bertz CT molecular complexity index is 371. The standard InChI is InChI=1S/C10H21N5OS/c1-5-17(16)7-6-15-9(12-13-14-15)8-11-10(2,3)4/h11H,5-8H2,1-4H3. The van der Waals surface area contributed by atoms with Gasteiger partial charge in [-0.3, -0.25) is 4.21 Å². The van der Waals surface area contributed by atoms with Crippen molar-refractivity contribution in [2.45, 2.75) is 46.3 Å². The van der Waals surface area contributed by atoms with Crippen LogP contribution >= 0.6 is 0 Å². The van der Waals surface area contributed by atoms with E-state index in [4.69, 9.17) is 0 Å². The van der Waals surface area contributed by atoms with Crippen molar-refractivity contribution in [3.05, 3.63) is 5.82 Å². The van der Waals surface area contributed by atoms with Crippen molar-refractivity contribution in [3.63, 3.8) is 0 Å². The van der Waals surface area contributed by atoms with E-state index in [1.807, 2.05) is 6.92 Å². The minimum absolute atomic E-state index is 0.0308. The van der Waals surface area contributed by atoms with Crippen LogP contribution in [-0.4, -0.2) is 41.5 Å². The second kappa shape index (κ2) is 6.20. The average Bonchev–Trinajstić information content (AvgIpc) is 2.69. The quantitative estimate of drug-likeness (QED) is 0.797. The molecule has 1 rings (SSSR count). The van der Waals surface area contributed by atoms with Gasteiger partial charge in [0.2, 0.25) is 0 Å². The monoisotopic (exact) mass is 259 g/mol. The van der Waals surface area contributed by atoms with E-state index in [2.05, 4.69) is 41.6 Å². The van der Waals surface area contributed by atoms with Gasteiger partial charge in [-0.2, -0.15) is 0 Å². The van der Waals surface area contributed by atoms with E-state index in [-0.39, 0.29) is 5.54 Å². The summed E-state index contributed by atoms with van der Waals surface area (Å²) in [7, 11) is -0.778. The lowest BCUT2D eigenvalue weighted by Gasteiger charge is -2.19. The molecule has 0 radical (unpaired) electrons. The molecule has 1 atom stereocenters. The summed E-state index contributed by atoms with van der Waals surface area (Å²) in [5, 5.41) is 14.8. The zero-order valence-corrected chi connectivity index (χ0v) is 11.8. The van der Waals surface area contributed by atoms with Crippen LogP contribution in [0.15, 0.2) is 0 Å². The summed E-state index contributed by atoms with van der Waals surface area (Å²) in [6, 6.07) is 0. The number of nitrogens with zero attached hydrogens (tertiary/aromatic N) is 4. The van der Waals surface area contributed by atoms with Gasteiger partial charge < -0.3 is 5.32 Å². The molecule has 0 saturated carbocycles. The minimum Gasteiger partial charge on any atom is -0.305 e. The van der Waals surface area contributed by atoms with Gasteiger partial charge in [0.1, 0.15) is 0 Å². The first kappa shape index (κ1) is 14.2. The summed E-state index contributed by atoms with van der Waals surface area (Å²) >= 11 is 0. The van der Waals surface area contributed by atoms with Crippen LogP contribution in [0.5, 0.6) is 0 Å². The normalized spacial score (nSPS) is 13.9. The topological polar surface area (TPSA) is 72.7 Å². The summed E-state index contributed by atoms with van der Waals surface area (Å²) in [4.78, 5) is 0. The van der Waals surface area contributed by atoms with Crippen LogP contribution in [0.1, 0.15) is 33.5 Å². The molecule has 98 valence electrons. The molecule has 17 heavy (non-hydrogen) atoms. The van der Waals surface area contributed by atoms with Gasteiger partial charge in [0, 0.05) is 27.8 Å². The van der Waals surface area contributed by atoms with Crippen molar-refractivity contribution in [2.75, 3.05) is 11.5 Å². The van der Waals surface area contributed by atoms with Crippen LogP contribution in [-0.2, 0) is 23.9 Å². The Morgan fingerprint density at radius 1 is 1.41 bits per heavy atom. The highest BCUT2D eigenvalue weighted by molar-refractivity contribution is 7.84. The SMILES string of the molecule is CCS(=O)CCn1nnnc1CNC(C)(C)C. The van der Waals surface area contributed by atoms with Crippen molar-refractivity contribution in [2.24, 2.45) is 0 Å². The van der Waals surface area contributed by atoms with Crippen molar-refractivity contribution < 1.29 is 4.21 Å². The molecular formula is C10H21N5OS. The number of rotatable bonds is 6. The highest BCUT2D eigenvalue weighted by Gasteiger charge is 2.12. The lowest BCUT2D eigenvalue weighted by atomic mass is 10.1. The van der Waals surface area contributed by atoms with Crippen molar-refractivity contribution in [1.29, 1.82) is 0 Å². The molecule has 1 aromatic rings. The Balaban J connectivity index is 2.51. The number of hydrogen-bond donors (Lipinski definition) is 1. The molecule has 0 saturated heterocycles. The van der Waals surface area contributed by atoms with Gasteiger partial charge in [-0.15, -0.1) is 5.10 Å². The zero-order chi connectivity index (χ0) is 12.9. The van der Waals surface area contributed by atoms with Crippen LogP contribution in [0.25, 0.3) is 0 Å². The van der Waals surface area contributed by atoms with Crippen molar-refractivity contribution in [3.8, 4) is 0 Å². The summed E-state index contributed by atoms with van der Waals surface area (Å²) in [5.74, 6) is 2.06.